The lowest BCUT2D eigenvalue weighted by Gasteiger charge is -2.33. The quantitative estimate of drug-likeness (QED) is 0.110. The van der Waals surface area contributed by atoms with E-state index < -0.39 is 18.3 Å². The number of amides is 1. The van der Waals surface area contributed by atoms with Gasteiger partial charge >= 0.3 is 0 Å². The Morgan fingerprint density at radius 1 is 0.703 bits per heavy atom. The van der Waals surface area contributed by atoms with Crippen molar-refractivity contribution in [2.75, 3.05) is 31.2 Å². The second kappa shape index (κ2) is 18.0. The Morgan fingerprint density at radius 2 is 1.11 bits per heavy atom. The molecular weight excluding hydrogens is 475 g/mol. The highest BCUT2D eigenvalue weighted by molar-refractivity contribution is 7.75. The summed E-state index contributed by atoms with van der Waals surface area (Å²) < 4.78 is 0. The SMILES string of the molecule is CCCC[P+](CCCC)(CCCC)CCCCCCCCCCCNC(=O)C1=CC(C)(C)N([O])C1(C)C. The van der Waals surface area contributed by atoms with Crippen LogP contribution in [0.4, 0.5) is 0 Å². The third-order valence-electron chi connectivity index (χ3n) is 8.49. The molecule has 1 aliphatic heterocycles. The van der Waals surface area contributed by atoms with Crippen molar-refractivity contribution in [2.24, 2.45) is 0 Å². The Balaban J connectivity index is 2.16. The summed E-state index contributed by atoms with van der Waals surface area (Å²) in [6.45, 7) is 15.2. The van der Waals surface area contributed by atoms with Crippen molar-refractivity contribution in [3.05, 3.63) is 11.6 Å². The van der Waals surface area contributed by atoms with E-state index in [9.17, 15) is 10.0 Å². The number of rotatable bonds is 22. The van der Waals surface area contributed by atoms with E-state index in [1.807, 2.05) is 33.8 Å². The number of nitrogens with one attached hydrogen (secondary N) is 1. The van der Waals surface area contributed by atoms with Crippen molar-refractivity contribution >= 4 is 13.2 Å². The van der Waals surface area contributed by atoms with Gasteiger partial charge in [-0.3, -0.25) is 4.79 Å². The summed E-state index contributed by atoms with van der Waals surface area (Å²) in [4.78, 5) is 12.6. The molecule has 1 N–H and O–H groups in total. The Hall–Kier alpha value is -0.440. The van der Waals surface area contributed by atoms with Gasteiger partial charge in [0, 0.05) is 19.4 Å². The van der Waals surface area contributed by atoms with Crippen LogP contribution in [0.5, 0.6) is 0 Å². The fourth-order valence-corrected chi connectivity index (χ4v) is 11.2. The van der Waals surface area contributed by atoms with Crippen molar-refractivity contribution in [1.82, 2.24) is 10.4 Å². The molecule has 0 aromatic rings. The molecule has 0 bridgehead atoms. The number of carbonyl (C=O) groups is 1. The Bertz CT molecular complexity index is 637. The molecule has 0 aromatic carbocycles. The maximum absolute atomic E-state index is 12.6. The Morgan fingerprint density at radius 3 is 1.51 bits per heavy atom. The van der Waals surface area contributed by atoms with E-state index in [2.05, 4.69) is 26.1 Å². The average Bonchev–Trinajstić information content (AvgIpc) is 3.04. The first kappa shape index (κ1) is 34.6. The van der Waals surface area contributed by atoms with Crippen LogP contribution in [-0.2, 0) is 10.0 Å². The highest BCUT2D eigenvalue weighted by Crippen LogP contribution is 2.61. The Kier molecular flexibility index (Phi) is 16.8. The van der Waals surface area contributed by atoms with Gasteiger partial charge in [0.05, 0.1) is 35.7 Å². The van der Waals surface area contributed by atoms with Crippen molar-refractivity contribution in [3.63, 3.8) is 0 Å². The summed E-state index contributed by atoms with van der Waals surface area (Å²) in [6, 6.07) is 0. The molecule has 0 spiro atoms. The predicted octanol–water partition coefficient (Wildman–Crippen LogP) is 9.18. The maximum atomic E-state index is 12.6. The molecule has 1 heterocycles. The number of hydroxylamine groups is 2. The van der Waals surface area contributed by atoms with E-state index in [0.29, 0.717) is 12.1 Å². The van der Waals surface area contributed by atoms with Crippen LogP contribution >= 0.6 is 7.26 Å². The smallest absolute Gasteiger partial charge is 0.248 e. The van der Waals surface area contributed by atoms with Crippen LogP contribution < -0.4 is 5.32 Å². The molecular formula is C32H63N2O2P+. The number of hydrogen-bond acceptors (Lipinski definition) is 2. The fourth-order valence-electron chi connectivity index (χ4n) is 6.02. The molecule has 0 atom stereocenters. The van der Waals surface area contributed by atoms with E-state index in [1.54, 1.807) is 24.6 Å². The van der Waals surface area contributed by atoms with Crippen LogP contribution in [0.2, 0.25) is 0 Å². The van der Waals surface area contributed by atoms with E-state index in [4.69, 9.17) is 0 Å². The minimum absolute atomic E-state index is 0.0815. The van der Waals surface area contributed by atoms with Gasteiger partial charge in [0.15, 0.2) is 0 Å². The van der Waals surface area contributed by atoms with Gasteiger partial charge in [-0.1, -0.05) is 84.6 Å². The summed E-state index contributed by atoms with van der Waals surface area (Å²) in [5.41, 5.74) is -0.787. The first-order chi connectivity index (χ1) is 17.6. The predicted molar refractivity (Wildman–Crippen MR) is 164 cm³/mol. The van der Waals surface area contributed by atoms with Crippen molar-refractivity contribution in [3.8, 4) is 0 Å². The molecule has 1 aliphatic rings. The number of unbranched alkanes of at least 4 members (excludes halogenated alkanes) is 11. The highest BCUT2D eigenvalue weighted by Gasteiger charge is 2.48. The molecule has 217 valence electrons. The highest BCUT2D eigenvalue weighted by atomic mass is 31.2. The van der Waals surface area contributed by atoms with Gasteiger partial charge in [-0.25, -0.2) is 0 Å². The molecule has 0 unspecified atom stereocenters. The number of nitrogens with zero attached hydrogens (tertiary/aromatic N) is 1. The van der Waals surface area contributed by atoms with Crippen molar-refractivity contribution in [1.29, 1.82) is 0 Å². The largest absolute Gasteiger partial charge is 0.352 e. The zero-order valence-electron chi connectivity index (χ0n) is 25.9. The second-order valence-corrected chi connectivity index (χ2v) is 17.3. The average molecular weight is 539 g/mol. The lowest BCUT2D eigenvalue weighted by molar-refractivity contribution is -0.238. The van der Waals surface area contributed by atoms with Gasteiger partial charge in [-0.05, 0) is 66.2 Å². The lowest BCUT2D eigenvalue weighted by atomic mass is 9.96. The topological polar surface area (TPSA) is 52.2 Å². The summed E-state index contributed by atoms with van der Waals surface area (Å²) in [6.07, 6.45) is 28.3. The first-order valence-corrected chi connectivity index (χ1v) is 18.4. The van der Waals surface area contributed by atoms with Gasteiger partial charge < -0.3 is 5.32 Å². The molecule has 1 radical (unpaired) electrons. The molecule has 1 rings (SSSR count). The van der Waals surface area contributed by atoms with Gasteiger partial charge in [0.25, 0.3) is 0 Å². The van der Waals surface area contributed by atoms with Gasteiger partial charge in [-0.15, -0.1) is 10.3 Å². The molecule has 4 nitrogen and oxygen atoms in total. The van der Waals surface area contributed by atoms with Crippen LogP contribution in [0.25, 0.3) is 0 Å². The van der Waals surface area contributed by atoms with Crippen LogP contribution in [0.15, 0.2) is 11.6 Å². The molecule has 0 saturated carbocycles. The molecule has 1 amide bonds. The van der Waals surface area contributed by atoms with Crippen LogP contribution in [0.1, 0.15) is 145 Å². The second-order valence-electron chi connectivity index (χ2n) is 12.8. The number of carbonyl (C=O) groups excluding carboxylic acids is 1. The normalized spacial score (nSPS) is 17.2. The molecule has 0 aromatic heterocycles. The van der Waals surface area contributed by atoms with Crippen LogP contribution in [-0.4, -0.2) is 53.2 Å². The molecule has 0 fully saturated rings. The van der Waals surface area contributed by atoms with Crippen molar-refractivity contribution < 1.29 is 10.0 Å². The standard InChI is InChI=1S/C32H62N2O2P/c1-8-11-24-37(25-12-9-2,26-13-10-3)27-22-20-18-16-14-15-17-19-21-23-33-30(35)29-28-31(4,5)34(36)32(29,6)7/h28H,8-27H2,1-7H3/p+1. The summed E-state index contributed by atoms with van der Waals surface area (Å²) >= 11 is 0. The van der Waals surface area contributed by atoms with Gasteiger partial charge in [-0.2, -0.15) is 0 Å². The van der Waals surface area contributed by atoms with E-state index in [0.717, 1.165) is 11.5 Å². The molecule has 0 saturated heterocycles. The van der Waals surface area contributed by atoms with Crippen LogP contribution in [0.3, 0.4) is 0 Å². The molecule has 5 heteroatoms. The minimum atomic E-state index is -0.767. The maximum Gasteiger partial charge on any atom is 0.248 e. The zero-order valence-corrected chi connectivity index (χ0v) is 26.8. The summed E-state index contributed by atoms with van der Waals surface area (Å²) in [5.74, 6) is -0.0815. The number of hydrogen-bond donors (Lipinski definition) is 1. The summed E-state index contributed by atoms with van der Waals surface area (Å²) in [7, 11) is -0.705. The summed E-state index contributed by atoms with van der Waals surface area (Å²) in [5, 5.41) is 16.6. The third-order valence-corrected chi connectivity index (χ3v) is 13.5. The van der Waals surface area contributed by atoms with Crippen molar-refractivity contribution in [2.45, 2.75) is 156 Å². The van der Waals surface area contributed by atoms with Gasteiger partial charge in [0.1, 0.15) is 0 Å². The monoisotopic (exact) mass is 538 g/mol. The first-order valence-electron chi connectivity index (χ1n) is 15.9. The zero-order chi connectivity index (χ0) is 27.8. The van der Waals surface area contributed by atoms with E-state index in [-0.39, 0.29) is 5.91 Å². The van der Waals surface area contributed by atoms with E-state index in [1.165, 1.54) is 89.9 Å². The third kappa shape index (κ3) is 12.1. The molecule has 0 aliphatic carbocycles. The van der Waals surface area contributed by atoms with Gasteiger partial charge in [0.2, 0.25) is 5.91 Å². The van der Waals surface area contributed by atoms with E-state index >= 15 is 0 Å². The van der Waals surface area contributed by atoms with Crippen LogP contribution in [0, 0.1) is 0 Å². The fraction of sp³-hybridized carbons (Fsp3) is 0.906. The minimum Gasteiger partial charge on any atom is -0.352 e. The Labute approximate surface area is 232 Å². The lowest BCUT2D eigenvalue weighted by Crippen LogP contribution is -2.48. The molecule has 37 heavy (non-hydrogen) atoms.